The maximum atomic E-state index is 13.6. The van der Waals surface area contributed by atoms with Crippen LogP contribution in [0, 0.1) is 5.82 Å². The molecule has 2 atom stereocenters. The average molecular weight is 542 g/mol. The van der Waals surface area contributed by atoms with Crippen LogP contribution in [-0.2, 0) is 14.3 Å². The monoisotopic (exact) mass is 541 g/mol. The van der Waals surface area contributed by atoms with Crippen LogP contribution in [0.4, 0.5) is 21.6 Å². The number of likely N-dealkylation sites (tertiary alicyclic amines) is 1. The van der Waals surface area contributed by atoms with Crippen molar-refractivity contribution >= 4 is 45.6 Å². The van der Waals surface area contributed by atoms with Gasteiger partial charge in [-0.25, -0.2) is 14.4 Å². The topological polar surface area (TPSA) is 97.8 Å². The van der Waals surface area contributed by atoms with Crippen molar-refractivity contribution in [1.82, 2.24) is 14.9 Å². The molecule has 0 saturated carbocycles. The number of fused-ring (bicyclic) bond motifs is 1. The fourth-order valence-electron chi connectivity index (χ4n) is 4.59. The lowest BCUT2D eigenvalue weighted by molar-refractivity contribution is -0.112. The highest BCUT2D eigenvalue weighted by Crippen LogP contribution is 2.35. The van der Waals surface area contributed by atoms with Gasteiger partial charge in [0, 0.05) is 49.0 Å². The number of benzene rings is 2. The number of nitrogens with one attached hydrogen (secondary N) is 2. The molecule has 3 aromatic rings. The summed E-state index contributed by atoms with van der Waals surface area (Å²) in [4.78, 5) is 24.0. The van der Waals surface area contributed by atoms with Gasteiger partial charge in [0.05, 0.1) is 42.1 Å². The molecule has 5 rings (SSSR count). The third kappa shape index (κ3) is 5.82. The zero-order chi connectivity index (χ0) is 26.6. The first kappa shape index (κ1) is 26.1. The molecule has 1 unspecified atom stereocenters. The highest BCUT2D eigenvalue weighted by atomic mass is 35.5. The Bertz CT molecular complexity index is 1360. The van der Waals surface area contributed by atoms with E-state index in [2.05, 4.69) is 25.5 Å². The van der Waals surface area contributed by atoms with Gasteiger partial charge in [-0.2, -0.15) is 0 Å². The molecule has 0 radical (unpaired) electrons. The van der Waals surface area contributed by atoms with Gasteiger partial charge in [0.2, 0.25) is 5.91 Å². The summed E-state index contributed by atoms with van der Waals surface area (Å²) in [5.41, 5.74) is 2.51. The van der Waals surface area contributed by atoms with E-state index in [1.807, 2.05) is 6.92 Å². The van der Waals surface area contributed by atoms with Crippen LogP contribution < -0.4 is 15.4 Å². The van der Waals surface area contributed by atoms with E-state index in [0.29, 0.717) is 53.7 Å². The second kappa shape index (κ2) is 11.5. The van der Waals surface area contributed by atoms with Gasteiger partial charge >= 0.3 is 0 Å². The van der Waals surface area contributed by atoms with Crippen molar-refractivity contribution in [3.63, 3.8) is 0 Å². The van der Waals surface area contributed by atoms with Crippen LogP contribution >= 0.6 is 11.6 Å². The Labute approximate surface area is 224 Å². The summed E-state index contributed by atoms with van der Waals surface area (Å²) in [7, 11) is 1.68. The Morgan fingerprint density at radius 3 is 2.87 bits per heavy atom. The Morgan fingerprint density at radius 1 is 1.29 bits per heavy atom. The summed E-state index contributed by atoms with van der Waals surface area (Å²) in [6.45, 7) is 4.52. The zero-order valence-electron chi connectivity index (χ0n) is 21.2. The number of carbonyl (C=O) groups is 1. The van der Waals surface area contributed by atoms with Crippen LogP contribution in [0.5, 0.6) is 5.75 Å². The molecule has 2 fully saturated rings. The lowest BCUT2D eigenvalue weighted by Gasteiger charge is -2.43. The second-order valence-corrected chi connectivity index (χ2v) is 9.72. The molecule has 2 aromatic carbocycles. The van der Waals surface area contributed by atoms with Crippen LogP contribution in [0.1, 0.15) is 19.8 Å². The molecule has 0 bridgehead atoms. The molecule has 11 heteroatoms. The lowest BCUT2D eigenvalue weighted by atomic mass is 10.0. The van der Waals surface area contributed by atoms with Crippen LogP contribution in [0.3, 0.4) is 0 Å². The normalized spacial score (nSPS) is 19.4. The molecule has 0 aliphatic carbocycles. The summed E-state index contributed by atoms with van der Waals surface area (Å²) in [6, 6.07) is 8.14. The van der Waals surface area contributed by atoms with E-state index in [9.17, 15) is 9.18 Å². The van der Waals surface area contributed by atoms with E-state index in [4.69, 9.17) is 25.8 Å². The number of halogens is 2. The predicted molar refractivity (Wildman–Crippen MR) is 143 cm³/mol. The third-order valence-corrected chi connectivity index (χ3v) is 6.94. The average Bonchev–Trinajstić information content (AvgIpc) is 3.38. The standard InChI is InChI=1S/C27H29ClFN5O4/c1-16(34-7-5-18(34)13-36-2)9-26(35)33-24-11-20-23(12-25(24)38-19-6-8-37-14-19)30-15-31-27(20)32-17-3-4-22(29)21(28)10-17/h3-4,9-12,15,18-19H,5-8,13-14H2,1-2H3,(H,33,35)(H,30,31,32)/b16-9+/t18?,19-/m0/s1. The van der Waals surface area contributed by atoms with Crippen molar-refractivity contribution in [3.8, 4) is 5.75 Å². The molecular weight excluding hydrogens is 513 g/mol. The van der Waals surface area contributed by atoms with Crippen LogP contribution in [-0.4, -0.2) is 66.4 Å². The van der Waals surface area contributed by atoms with Gasteiger partial charge in [-0.05, 0) is 37.6 Å². The minimum absolute atomic E-state index is 0.00659. The fourth-order valence-corrected chi connectivity index (χ4v) is 4.77. The molecule has 2 N–H and O–H groups in total. The van der Waals surface area contributed by atoms with Crippen LogP contribution in [0.25, 0.3) is 10.9 Å². The van der Waals surface area contributed by atoms with Crippen molar-refractivity contribution in [3.05, 3.63) is 59.3 Å². The second-order valence-electron chi connectivity index (χ2n) is 9.31. The van der Waals surface area contributed by atoms with Crippen molar-refractivity contribution in [2.45, 2.75) is 31.9 Å². The molecule has 0 spiro atoms. The molecule has 3 heterocycles. The molecule has 2 aliphatic heterocycles. The van der Waals surface area contributed by atoms with E-state index in [1.54, 1.807) is 31.4 Å². The lowest BCUT2D eigenvalue weighted by Crippen LogP contribution is -2.48. The van der Waals surface area contributed by atoms with Crippen molar-refractivity contribution in [2.24, 2.45) is 0 Å². The van der Waals surface area contributed by atoms with Crippen molar-refractivity contribution in [1.29, 1.82) is 0 Å². The summed E-state index contributed by atoms with van der Waals surface area (Å²) in [6.07, 6.45) is 4.66. The Hall–Kier alpha value is -3.47. The van der Waals surface area contributed by atoms with E-state index in [-0.39, 0.29) is 23.1 Å². The number of anilines is 3. The highest BCUT2D eigenvalue weighted by molar-refractivity contribution is 6.31. The number of hydrogen-bond donors (Lipinski definition) is 2. The number of allylic oxidation sites excluding steroid dienone is 1. The molecule has 2 saturated heterocycles. The Balaban J connectivity index is 1.45. The third-order valence-electron chi connectivity index (χ3n) is 6.65. The first-order chi connectivity index (χ1) is 18.4. The summed E-state index contributed by atoms with van der Waals surface area (Å²) in [5, 5.41) is 6.77. The van der Waals surface area contributed by atoms with E-state index < -0.39 is 5.82 Å². The quantitative estimate of drug-likeness (QED) is 0.369. The van der Waals surface area contributed by atoms with Gasteiger partial charge in [-0.1, -0.05) is 11.6 Å². The van der Waals surface area contributed by atoms with Crippen LogP contribution in [0.2, 0.25) is 5.02 Å². The molecule has 2 aliphatic rings. The predicted octanol–water partition coefficient (Wildman–Crippen LogP) is 4.90. The summed E-state index contributed by atoms with van der Waals surface area (Å²) >= 11 is 5.95. The van der Waals surface area contributed by atoms with Gasteiger partial charge in [0.1, 0.15) is 29.8 Å². The van der Waals surface area contributed by atoms with Gasteiger partial charge in [0.25, 0.3) is 0 Å². The molecular formula is C27H29ClFN5O4. The number of rotatable bonds is 9. The minimum Gasteiger partial charge on any atom is -0.486 e. The van der Waals surface area contributed by atoms with Crippen molar-refractivity contribution < 1.29 is 23.4 Å². The highest BCUT2D eigenvalue weighted by Gasteiger charge is 2.28. The number of carbonyl (C=O) groups excluding carboxylic acids is 1. The van der Waals surface area contributed by atoms with Gasteiger partial charge in [0.15, 0.2) is 0 Å². The maximum Gasteiger partial charge on any atom is 0.250 e. The molecule has 9 nitrogen and oxygen atoms in total. The van der Waals surface area contributed by atoms with E-state index in [1.165, 1.54) is 18.5 Å². The first-order valence-corrected chi connectivity index (χ1v) is 12.8. The SMILES string of the molecule is COCC1CCN1/C(C)=C/C(=O)Nc1cc2c(Nc3ccc(F)c(Cl)c3)ncnc2cc1O[C@H]1CCOC1. The zero-order valence-corrected chi connectivity index (χ0v) is 21.9. The molecule has 200 valence electrons. The Kier molecular flexibility index (Phi) is 7.92. The molecule has 1 aromatic heterocycles. The van der Waals surface area contributed by atoms with E-state index in [0.717, 1.165) is 25.1 Å². The van der Waals surface area contributed by atoms with Gasteiger partial charge in [-0.15, -0.1) is 0 Å². The summed E-state index contributed by atoms with van der Waals surface area (Å²) < 4.78 is 30.6. The minimum atomic E-state index is -0.512. The number of hydrogen-bond acceptors (Lipinski definition) is 8. The number of nitrogens with zero attached hydrogens (tertiary/aromatic N) is 3. The summed E-state index contributed by atoms with van der Waals surface area (Å²) in [5.74, 6) is 0.165. The number of amides is 1. The van der Waals surface area contributed by atoms with Crippen LogP contribution in [0.15, 0.2) is 48.4 Å². The number of ether oxygens (including phenoxy) is 3. The van der Waals surface area contributed by atoms with Gasteiger partial charge in [-0.3, -0.25) is 4.79 Å². The smallest absolute Gasteiger partial charge is 0.250 e. The number of methoxy groups -OCH3 is 1. The molecule has 1 amide bonds. The Morgan fingerprint density at radius 2 is 2.16 bits per heavy atom. The van der Waals surface area contributed by atoms with Crippen molar-refractivity contribution in [2.75, 3.05) is 44.1 Å². The number of aromatic nitrogens is 2. The van der Waals surface area contributed by atoms with E-state index >= 15 is 0 Å². The van der Waals surface area contributed by atoms with Gasteiger partial charge < -0.3 is 29.7 Å². The molecule has 38 heavy (non-hydrogen) atoms. The largest absolute Gasteiger partial charge is 0.486 e. The maximum absolute atomic E-state index is 13.6. The fraction of sp³-hybridized carbons (Fsp3) is 0.370. The first-order valence-electron chi connectivity index (χ1n) is 12.4.